The molecule has 3 aromatic carbocycles. The average Bonchev–Trinajstić information content (AvgIpc) is 3.81. The molecule has 0 saturated heterocycles. The summed E-state index contributed by atoms with van der Waals surface area (Å²) in [5, 5.41) is 13.6. The van der Waals surface area contributed by atoms with Crippen LogP contribution in [0.25, 0.3) is 10.9 Å². The lowest BCUT2D eigenvalue weighted by molar-refractivity contribution is -0.610. The molecule has 1 aliphatic rings. The van der Waals surface area contributed by atoms with Crippen LogP contribution >= 0.6 is 23.2 Å². The highest BCUT2D eigenvalue weighted by molar-refractivity contribution is 6.36. The van der Waals surface area contributed by atoms with Crippen molar-refractivity contribution in [1.82, 2.24) is 4.57 Å². The first-order valence-corrected chi connectivity index (χ1v) is 15.8. The van der Waals surface area contributed by atoms with Crippen LogP contribution in [0.5, 0.6) is 23.1 Å². The molecule has 0 N–H and O–H groups in total. The van der Waals surface area contributed by atoms with Crippen molar-refractivity contribution < 1.29 is 37.3 Å². The highest BCUT2D eigenvalue weighted by atomic mass is 35.5. The minimum atomic E-state index is -2.99. The molecule has 6 rings (SSSR count). The third-order valence-electron chi connectivity index (χ3n) is 7.73. The van der Waals surface area contributed by atoms with Crippen molar-refractivity contribution in [3.8, 4) is 23.1 Å². The van der Waals surface area contributed by atoms with E-state index >= 15 is 0 Å². The molecule has 244 valence electrons. The van der Waals surface area contributed by atoms with Crippen LogP contribution in [0.15, 0.2) is 85.2 Å². The highest BCUT2D eigenvalue weighted by Crippen LogP contribution is 2.36. The third kappa shape index (κ3) is 8.25. The quantitative estimate of drug-likeness (QED) is 0.0672. The van der Waals surface area contributed by atoms with Gasteiger partial charge in [-0.3, -0.25) is 0 Å². The summed E-state index contributed by atoms with van der Waals surface area (Å²) in [6.45, 7) is -2.32. The van der Waals surface area contributed by atoms with E-state index in [0.717, 1.165) is 41.1 Å². The Morgan fingerprint density at radius 3 is 2.53 bits per heavy atom. The van der Waals surface area contributed by atoms with Gasteiger partial charge in [0, 0.05) is 22.7 Å². The molecule has 1 saturated carbocycles. The van der Waals surface area contributed by atoms with Crippen LogP contribution in [-0.4, -0.2) is 23.8 Å². The predicted molar refractivity (Wildman–Crippen MR) is 172 cm³/mol. The van der Waals surface area contributed by atoms with Crippen LogP contribution in [0.1, 0.15) is 29.5 Å². The average molecular weight is 684 g/mol. The second-order valence-electron chi connectivity index (χ2n) is 11.2. The number of benzene rings is 3. The monoisotopic (exact) mass is 682 g/mol. The Kier molecular flexibility index (Phi) is 9.98. The van der Waals surface area contributed by atoms with Crippen molar-refractivity contribution in [2.75, 3.05) is 6.61 Å². The fraction of sp³-hybridized carbons (Fsp3) is 0.257. The summed E-state index contributed by atoms with van der Waals surface area (Å²) in [5.41, 5.74) is 2.96. The van der Waals surface area contributed by atoms with E-state index in [-0.39, 0.29) is 34.5 Å². The summed E-state index contributed by atoms with van der Waals surface area (Å²) in [4.78, 5) is 13.0. The van der Waals surface area contributed by atoms with E-state index in [2.05, 4.69) is 4.74 Å². The number of rotatable bonds is 14. The molecule has 0 unspecified atom stereocenters. The van der Waals surface area contributed by atoms with Crippen molar-refractivity contribution in [2.24, 2.45) is 5.92 Å². The van der Waals surface area contributed by atoms with E-state index in [4.69, 9.17) is 37.4 Å². The first-order valence-electron chi connectivity index (χ1n) is 15.0. The molecular formula is C35H30Cl2F2N2O6. The Hall–Kier alpha value is -4.54. The molecule has 0 amide bonds. The van der Waals surface area contributed by atoms with Gasteiger partial charge in [-0.1, -0.05) is 59.6 Å². The van der Waals surface area contributed by atoms with Gasteiger partial charge in [0.2, 0.25) is 6.20 Å². The summed E-state index contributed by atoms with van der Waals surface area (Å²) in [6.07, 6.45) is 5.53. The number of carbonyl (C=O) groups excluding carboxylic acids is 1. The predicted octanol–water partition coefficient (Wildman–Crippen LogP) is 7.94. The number of ether oxygens (including phenoxy) is 4. The zero-order valence-corrected chi connectivity index (χ0v) is 26.6. The topological polar surface area (TPSA) is 85.9 Å². The van der Waals surface area contributed by atoms with Gasteiger partial charge >= 0.3 is 18.5 Å². The fourth-order valence-electron chi connectivity index (χ4n) is 5.09. The molecule has 0 aliphatic heterocycles. The molecule has 2 heterocycles. The number of alkyl halides is 2. The standard InChI is InChI=1S/C35H30Cl2F2N2O6/c36-28-18-41(43)34(33(37)27(28)11-8-22-9-13-30(46-35(38)39)31(16-22)45-21-24-6-7-24)47-32(42)19-40-15-14-25-17-26(10-12-29(25)40)44-20-23-4-2-1-3-5-23/h1-5,9-10,12-18,24,35H,6-8,11,19-21H2. The number of hydrogen-bond donors (Lipinski definition) is 0. The number of pyridine rings is 1. The number of fused-ring (bicyclic) bond motifs is 1. The molecule has 0 bridgehead atoms. The zero-order chi connectivity index (χ0) is 32.9. The number of hydrogen-bond acceptors (Lipinski definition) is 6. The van der Waals surface area contributed by atoms with Crippen LogP contribution in [0.3, 0.4) is 0 Å². The van der Waals surface area contributed by atoms with Gasteiger partial charge < -0.3 is 28.7 Å². The van der Waals surface area contributed by atoms with Crippen molar-refractivity contribution in [3.05, 3.63) is 117 Å². The molecule has 8 nitrogen and oxygen atoms in total. The minimum absolute atomic E-state index is 0.0472. The Bertz CT molecular complexity index is 1880. The lowest BCUT2D eigenvalue weighted by atomic mass is 10.0. The van der Waals surface area contributed by atoms with Crippen LogP contribution in [0.4, 0.5) is 8.78 Å². The second kappa shape index (κ2) is 14.5. The van der Waals surface area contributed by atoms with Gasteiger partial charge in [0.15, 0.2) is 16.5 Å². The maximum Gasteiger partial charge on any atom is 0.406 e. The number of halogens is 4. The Labute approximate surface area is 279 Å². The highest BCUT2D eigenvalue weighted by Gasteiger charge is 2.26. The summed E-state index contributed by atoms with van der Waals surface area (Å²) in [6, 6.07) is 21.9. The Balaban J connectivity index is 1.12. The summed E-state index contributed by atoms with van der Waals surface area (Å²) in [7, 11) is 0. The number of nitrogens with zero attached hydrogens (tertiary/aromatic N) is 2. The largest absolute Gasteiger partial charge is 0.616 e. The molecule has 1 aliphatic carbocycles. The molecular weight excluding hydrogens is 653 g/mol. The van der Waals surface area contributed by atoms with Crippen molar-refractivity contribution in [1.29, 1.82) is 0 Å². The Morgan fingerprint density at radius 2 is 1.77 bits per heavy atom. The zero-order valence-electron chi connectivity index (χ0n) is 25.0. The maximum atomic E-state index is 13.0. The van der Waals surface area contributed by atoms with E-state index in [0.29, 0.717) is 41.6 Å². The first kappa shape index (κ1) is 32.4. The smallest absolute Gasteiger partial charge is 0.406 e. The van der Waals surface area contributed by atoms with Crippen molar-refractivity contribution in [3.63, 3.8) is 0 Å². The van der Waals surface area contributed by atoms with Crippen molar-refractivity contribution >= 4 is 40.1 Å². The molecule has 0 atom stereocenters. The third-order valence-corrected chi connectivity index (χ3v) is 8.45. The summed E-state index contributed by atoms with van der Waals surface area (Å²) in [5.74, 6) is 0.175. The van der Waals surface area contributed by atoms with Crippen LogP contribution in [-0.2, 0) is 30.8 Å². The van der Waals surface area contributed by atoms with E-state index in [1.165, 1.54) is 6.07 Å². The van der Waals surface area contributed by atoms with Gasteiger partial charge in [0.25, 0.3) is 0 Å². The van der Waals surface area contributed by atoms with Crippen molar-refractivity contribution in [2.45, 2.75) is 45.4 Å². The number of aryl methyl sites for hydroxylation is 1. The minimum Gasteiger partial charge on any atom is -0.616 e. The number of esters is 1. The molecule has 2 aromatic heterocycles. The van der Waals surface area contributed by atoms with Gasteiger partial charge in [-0.2, -0.15) is 8.78 Å². The van der Waals surface area contributed by atoms with Gasteiger partial charge in [-0.05, 0) is 79.1 Å². The van der Waals surface area contributed by atoms with E-state index < -0.39 is 18.5 Å². The normalized spacial score (nSPS) is 12.8. The van der Waals surface area contributed by atoms with Gasteiger partial charge in [-0.25, -0.2) is 4.79 Å². The van der Waals surface area contributed by atoms with Gasteiger partial charge in [-0.15, -0.1) is 4.73 Å². The molecule has 12 heteroatoms. The van der Waals surface area contributed by atoms with Gasteiger partial charge in [0.05, 0.1) is 6.61 Å². The molecule has 0 radical (unpaired) electrons. The summed E-state index contributed by atoms with van der Waals surface area (Å²) < 4.78 is 49.6. The Morgan fingerprint density at radius 1 is 0.957 bits per heavy atom. The lowest BCUT2D eigenvalue weighted by Gasteiger charge is -2.14. The van der Waals surface area contributed by atoms with Crippen LogP contribution in [0.2, 0.25) is 10.0 Å². The molecule has 0 spiro atoms. The van der Waals surface area contributed by atoms with E-state index in [1.807, 2.05) is 54.6 Å². The molecule has 47 heavy (non-hydrogen) atoms. The number of carbonyl (C=O) groups is 1. The van der Waals surface area contributed by atoms with E-state index in [1.54, 1.807) is 22.9 Å². The summed E-state index contributed by atoms with van der Waals surface area (Å²) >= 11 is 12.9. The first-order chi connectivity index (χ1) is 22.7. The molecule has 1 fully saturated rings. The molecule has 5 aromatic rings. The van der Waals surface area contributed by atoms with Gasteiger partial charge in [0.1, 0.15) is 23.9 Å². The van der Waals surface area contributed by atoms with E-state index in [9.17, 15) is 18.8 Å². The van der Waals surface area contributed by atoms with Crippen LogP contribution in [0, 0.1) is 11.1 Å². The second-order valence-corrected chi connectivity index (χ2v) is 12.0. The SMILES string of the molecule is O=C(Cn1ccc2cc(OCc3ccccc3)ccc21)Oc1c(Cl)c(CCc2ccc(OC(F)F)c(OCC3CC3)c2)c(Cl)c[n+]1[O-]. The maximum absolute atomic E-state index is 13.0. The van der Waals surface area contributed by atoms with Crippen LogP contribution < -0.4 is 23.7 Å². The number of aromatic nitrogens is 2. The lowest BCUT2D eigenvalue weighted by Crippen LogP contribution is -2.32. The fourth-order valence-corrected chi connectivity index (χ4v) is 5.73.